The van der Waals surface area contributed by atoms with Gasteiger partial charge in [0, 0.05) is 31.9 Å². The van der Waals surface area contributed by atoms with Gasteiger partial charge in [-0.15, -0.1) is 12.3 Å². The highest BCUT2D eigenvalue weighted by atomic mass is 16.5. The number of ether oxygens (including phenoxy) is 1. The first kappa shape index (κ1) is 20.7. The fraction of sp³-hybridized carbons (Fsp3) is 0.571. The van der Waals surface area contributed by atoms with E-state index in [1.807, 2.05) is 6.92 Å². The van der Waals surface area contributed by atoms with Gasteiger partial charge in [-0.05, 0) is 25.2 Å². The summed E-state index contributed by atoms with van der Waals surface area (Å²) in [5.41, 5.74) is -0.769. The number of H-pyrrole nitrogens is 1. The second-order valence-electron chi connectivity index (χ2n) is 6.86. The fourth-order valence-electron chi connectivity index (χ4n) is 3.20. The van der Waals surface area contributed by atoms with Gasteiger partial charge in [0.05, 0.1) is 6.10 Å². The van der Waals surface area contributed by atoms with Crippen molar-refractivity contribution in [3.63, 3.8) is 0 Å². The predicted molar refractivity (Wildman–Crippen MR) is 103 cm³/mol. The minimum absolute atomic E-state index is 0.107. The van der Waals surface area contributed by atoms with E-state index in [-0.39, 0.29) is 23.7 Å². The quantitative estimate of drug-likeness (QED) is 0.590. The van der Waals surface area contributed by atoms with Crippen LogP contribution in [0.4, 0.5) is 0 Å². The molecule has 0 unspecified atom stereocenters. The number of rotatable bonds is 7. The Morgan fingerprint density at radius 2 is 2.15 bits per heavy atom. The molecule has 27 heavy (non-hydrogen) atoms. The number of aromatic amines is 1. The van der Waals surface area contributed by atoms with Crippen LogP contribution in [0, 0.1) is 30.1 Å². The Morgan fingerprint density at radius 3 is 2.81 bits per heavy atom. The summed E-state index contributed by atoms with van der Waals surface area (Å²) in [5, 5.41) is 0. The molecule has 0 radical (unpaired) electrons. The van der Waals surface area contributed by atoms with Gasteiger partial charge in [0.1, 0.15) is 17.6 Å². The van der Waals surface area contributed by atoms with Gasteiger partial charge < -0.3 is 4.74 Å². The summed E-state index contributed by atoms with van der Waals surface area (Å²) >= 11 is 0. The third-order valence-electron chi connectivity index (χ3n) is 4.75. The zero-order chi connectivity index (χ0) is 19.8. The van der Waals surface area contributed by atoms with Crippen LogP contribution in [0.2, 0.25) is 0 Å². The van der Waals surface area contributed by atoms with E-state index in [9.17, 15) is 14.4 Å². The van der Waals surface area contributed by atoms with Crippen LogP contribution in [0.1, 0.15) is 70.6 Å². The molecule has 2 heterocycles. The topological polar surface area (TPSA) is 81.2 Å². The number of hydrogen-bond donors (Lipinski definition) is 1. The van der Waals surface area contributed by atoms with Crippen molar-refractivity contribution in [2.24, 2.45) is 5.92 Å². The van der Waals surface area contributed by atoms with Gasteiger partial charge in [-0.1, -0.05) is 25.7 Å². The molecule has 6 nitrogen and oxygen atoms in total. The minimum Gasteiger partial charge on any atom is -0.354 e. The van der Waals surface area contributed by atoms with Crippen LogP contribution < -0.4 is 11.2 Å². The van der Waals surface area contributed by atoms with Crippen molar-refractivity contribution < 1.29 is 9.53 Å². The summed E-state index contributed by atoms with van der Waals surface area (Å²) in [7, 11) is 0. The van der Waals surface area contributed by atoms with E-state index in [0.717, 1.165) is 12.8 Å². The average molecular weight is 370 g/mol. The molecule has 3 atom stereocenters. The van der Waals surface area contributed by atoms with Crippen molar-refractivity contribution in [1.82, 2.24) is 9.55 Å². The monoisotopic (exact) mass is 370 g/mol. The van der Waals surface area contributed by atoms with E-state index in [4.69, 9.17) is 11.2 Å². The van der Waals surface area contributed by atoms with Crippen molar-refractivity contribution in [3.8, 4) is 24.2 Å². The van der Waals surface area contributed by atoms with Crippen LogP contribution in [0.3, 0.4) is 0 Å². The number of hydrogen-bond acceptors (Lipinski definition) is 4. The van der Waals surface area contributed by atoms with Crippen molar-refractivity contribution in [2.45, 2.75) is 71.1 Å². The summed E-state index contributed by atoms with van der Waals surface area (Å²) < 4.78 is 7.35. The highest BCUT2D eigenvalue weighted by molar-refractivity contribution is 5.78. The van der Waals surface area contributed by atoms with E-state index < -0.39 is 11.2 Å². The second-order valence-corrected chi connectivity index (χ2v) is 6.86. The van der Waals surface area contributed by atoms with Gasteiger partial charge >= 0.3 is 5.69 Å². The Kier molecular flexibility index (Phi) is 7.64. The Balaban J connectivity index is 2.03. The highest BCUT2D eigenvalue weighted by Gasteiger charge is 2.32. The normalized spacial score (nSPS) is 21.3. The molecule has 144 valence electrons. The summed E-state index contributed by atoms with van der Waals surface area (Å²) in [6.07, 6.45) is 10.3. The van der Waals surface area contributed by atoms with Crippen LogP contribution in [-0.2, 0) is 9.53 Å². The Bertz CT molecular complexity index is 878. The zero-order valence-electron chi connectivity index (χ0n) is 15.9. The number of nitrogens with one attached hydrogen (secondary N) is 1. The third kappa shape index (κ3) is 5.70. The first-order valence-corrected chi connectivity index (χ1v) is 9.41. The summed E-state index contributed by atoms with van der Waals surface area (Å²) in [4.78, 5) is 38.0. The van der Waals surface area contributed by atoms with Crippen LogP contribution in [-0.4, -0.2) is 21.4 Å². The van der Waals surface area contributed by atoms with E-state index in [2.05, 4.69) is 29.7 Å². The molecule has 0 aliphatic carbocycles. The first-order chi connectivity index (χ1) is 13.0. The van der Waals surface area contributed by atoms with Crippen molar-refractivity contribution >= 4 is 5.78 Å². The van der Waals surface area contributed by atoms with Gasteiger partial charge in [0.25, 0.3) is 5.56 Å². The number of nitrogens with zero attached hydrogens (tertiary/aromatic N) is 1. The number of unbranched alkanes of at least 4 members (excludes halogenated alkanes) is 1. The van der Waals surface area contributed by atoms with Crippen LogP contribution in [0.15, 0.2) is 15.8 Å². The van der Waals surface area contributed by atoms with Crippen LogP contribution in [0.25, 0.3) is 0 Å². The maximum absolute atomic E-state index is 12.1. The summed E-state index contributed by atoms with van der Waals surface area (Å²) in [6.45, 7) is 4.14. The van der Waals surface area contributed by atoms with E-state index >= 15 is 0 Å². The Labute approximate surface area is 159 Å². The zero-order valence-corrected chi connectivity index (χ0v) is 15.9. The molecule has 1 aromatic rings. The molecule has 0 saturated carbocycles. The summed E-state index contributed by atoms with van der Waals surface area (Å²) in [5.74, 6) is 8.62. The molecule has 1 aliphatic rings. The summed E-state index contributed by atoms with van der Waals surface area (Å²) in [6, 6.07) is 0. The number of terminal acetylenes is 1. The SMILES string of the molecule is C#CCCC(=O)CCCC#Cc1cn([C@H]2C[C@@H](C)[C@@H](CC)O2)c(=O)[nH]c1=O. The van der Waals surface area contributed by atoms with Crippen molar-refractivity contribution in [1.29, 1.82) is 0 Å². The second kappa shape index (κ2) is 9.94. The number of carbonyl (C=O) groups excluding carboxylic acids is 1. The maximum Gasteiger partial charge on any atom is 0.330 e. The standard InChI is InChI=1S/C21H26N2O4/c1-4-6-11-17(24)12-9-7-8-10-16-14-23(21(26)22-20(16)25)19-13-15(3)18(5-2)27-19/h1,14-15,18-19H,5-7,9,11-13H2,2-3H3,(H,22,25,26)/t15-,18-,19-/m1/s1. The molecule has 0 spiro atoms. The van der Waals surface area contributed by atoms with Crippen LogP contribution >= 0.6 is 0 Å². The van der Waals surface area contributed by atoms with E-state index in [1.54, 1.807) is 0 Å². The Morgan fingerprint density at radius 1 is 1.37 bits per heavy atom. The van der Waals surface area contributed by atoms with Gasteiger partial charge in [-0.25, -0.2) is 4.79 Å². The fourth-order valence-corrected chi connectivity index (χ4v) is 3.20. The number of Topliss-reactive ketones (excluding diaryl/α,β-unsaturated/α-hetero) is 1. The number of aromatic nitrogens is 2. The number of ketones is 1. The molecule has 2 rings (SSSR count). The number of carbonyl (C=O) groups is 1. The van der Waals surface area contributed by atoms with Gasteiger partial charge in [-0.2, -0.15) is 0 Å². The lowest BCUT2D eigenvalue weighted by molar-refractivity contribution is -0.119. The largest absolute Gasteiger partial charge is 0.354 e. The van der Waals surface area contributed by atoms with Crippen molar-refractivity contribution in [2.75, 3.05) is 0 Å². The van der Waals surface area contributed by atoms with E-state index in [0.29, 0.717) is 38.0 Å². The first-order valence-electron chi connectivity index (χ1n) is 9.41. The minimum atomic E-state index is -0.507. The van der Waals surface area contributed by atoms with Gasteiger partial charge in [-0.3, -0.25) is 19.1 Å². The molecule has 0 bridgehead atoms. The average Bonchev–Trinajstić information content (AvgIpc) is 3.01. The lowest BCUT2D eigenvalue weighted by Gasteiger charge is -2.15. The molecular weight excluding hydrogens is 344 g/mol. The lowest BCUT2D eigenvalue weighted by atomic mass is 10.0. The molecule has 0 amide bonds. The van der Waals surface area contributed by atoms with E-state index in [1.165, 1.54) is 10.8 Å². The molecular formula is C21H26N2O4. The molecule has 6 heteroatoms. The molecule has 1 saturated heterocycles. The molecule has 0 aromatic carbocycles. The molecule has 1 aliphatic heterocycles. The van der Waals surface area contributed by atoms with Crippen LogP contribution in [0.5, 0.6) is 0 Å². The van der Waals surface area contributed by atoms with Gasteiger partial charge in [0.2, 0.25) is 0 Å². The molecule has 1 fully saturated rings. The molecule has 1 aromatic heterocycles. The Hall–Kier alpha value is -2.57. The third-order valence-corrected chi connectivity index (χ3v) is 4.75. The predicted octanol–water partition coefficient (Wildman–Crippen LogP) is 2.37. The maximum atomic E-state index is 12.1. The lowest BCUT2D eigenvalue weighted by Crippen LogP contribution is -2.33. The smallest absolute Gasteiger partial charge is 0.330 e. The highest BCUT2D eigenvalue weighted by Crippen LogP contribution is 2.33. The van der Waals surface area contributed by atoms with Crippen molar-refractivity contribution in [3.05, 3.63) is 32.6 Å². The molecule has 1 N–H and O–H groups in total. The van der Waals surface area contributed by atoms with Gasteiger partial charge in [0.15, 0.2) is 0 Å².